The minimum absolute atomic E-state index is 0.220. The molecule has 3 heterocycles. The zero-order valence-corrected chi connectivity index (χ0v) is 54.3. The molecule has 89 heavy (non-hydrogen) atoms. The van der Waals surface area contributed by atoms with Gasteiger partial charge in [-0.3, -0.25) is 9.59 Å². The molecule has 23 heteroatoms. The summed E-state index contributed by atoms with van der Waals surface area (Å²) in [6, 6.07) is -2.53. The van der Waals surface area contributed by atoms with E-state index in [1.807, 2.05) is 0 Å². The SMILES string of the molecule is CCCCCCCC/C=C\CCCCCCCCCC(=O)NC(COC1OC(CO)C(OC2OC(CO)C(O)C(OC3(C(=O)O)CC(O)C(NC(C)=O)C(C(O)C(O)CO)O3)C2O)C(O)C1O)C(O)CCCCCCCCCCCCCCCCCCCC. The Balaban J connectivity index is 1.61. The first-order valence-electron chi connectivity index (χ1n) is 34.5. The van der Waals surface area contributed by atoms with Gasteiger partial charge in [-0.1, -0.05) is 206 Å². The van der Waals surface area contributed by atoms with Crippen LogP contribution in [-0.2, 0) is 42.8 Å². The van der Waals surface area contributed by atoms with E-state index in [-0.39, 0.29) is 18.9 Å². The molecular formula is C66H122N2O21. The second-order valence-corrected chi connectivity index (χ2v) is 25.4. The number of unbranched alkanes of at least 4 members (excludes halogenated alkanes) is 30. The van der Waals surface area contributed by atoms with Crippen LogP contribution in [0.3, 0.4) is 0 Å². The normalized spacial score (nSPS) is 28.8. The lowest BCUT2D eigenvalue weighted by Gasteiger charge is -2.50. The zero-order chi connectivity index (χ0) is 65.4. The summed E-state index contributed by atoms with van der Waals surface area (Å²) in [7, 11) is 0. The molecule has 0 aliphatic carbocycles. The number of carboxylic acid groups (broad SMARTS) is 1. The van der Waals surface area contributed by atoms with Crippen molar-refractivity contribution in [3.05, 3.63) is 12.2 Å². The molecule has 2 amide bonds. The highest BCUT2D eigenvalue weighted by Gasteiger charge is 2.60. The van der Waals surface area contributed by atoms with Crippen molar-refractivity contribution in [2.24, 2.45) is 0 Å². The summed E-state index contributed by atoms with van der Waals surface area (Å²) >= 11 is 0. The monoisotopic (exact) mass is 1280 g/mol. The number of hydrogen-bond donors (Lipinski definition) is 14. The smallest absolute Gasteiger partial charge is 0.364 e. The van der Waals surface area contributed by atoms with Gasteiger partial charge in [0, 0.05) is 19.8 Å². The predicted octanol–water partition coefficient (Wildman–Crippen LogP) is 5.90. The lowest BCUT2D eigenvalue weighted by atomic mass is 9.88. The number of aliphatic hydroxyl groups is 11. The summed E-state index contributed by atoms with van der Waals surface area (Å²) < 4.78 is 34.8. The van der Waals surface area contributed by atoms with Crippen LogP contribution in [0.4, 0.5) is 0 Å². The maximum Gasteiger partial charge on any atom is 0.364 e. The van der Waals surface area contributed by atoms with Crippen LogP contribution >= 0.6 is 0 Å². The van der Waals surface area contributed by atoms with Crippen molar-refractivity contribution >= 4 is 17.8 Å². The van der Waals surface area contributed by atoms with E-state index in [2.05, 4.69) is 36.6 Å². The van der Waals surface area contributed by atoms with Crippen LogP contribution in [0, 0.1) is 0 Å². The number of rotatable bonds is 52. The number of nitrogens with one attached hydrogen (secondary N) is 2. The van der Waals surface area contributed by atoms with Crippen LogP contribution in [0.2, 0.25) is 0 Å². The topological polar surface area (TPSA) is 373 Å². The molecule has 3 aliphatic rings. The largest absolute Gasteiger partial charge is 0.477 e. The summed E-state index contributed by atoms with van der Waals surface area (Å²) in [5, 5.41) is 136. The number of carbonyl (C=O) groups is 3. The number of allylic oxidation sites excluding steroid dienone is 2. The lowest BCUT2D eigenvalue weighted by Crippen LogP contribution is -2.70. The summed E-state index contributed by atoms with van der Waals surface area (Å²) in [5.74, 6) is -6.10. The maximum atomic E-state index is 13.5. The van der Waals surface area contributed by atoms with E-state index in [4.69, 9.17) is 28.4 Å². The average molecular weight is 1280 g/mol. The molecule has 0 radical (unpaired) electrons. The summed E-state index contributed by atoms with van der Waals surface area (Å²) in [4.78, 5) is 38.5. The Morgan fingerprint density at radius 2 is 1.04 bits per heavy atom. The van der Waals surface area contributed by atoms with E-state index in [9.17, 15) is 75.7 Å². The molecule has 18 atom stereocenters. The third-order valence-corrected chi connectivity index (χ3v) is 17.7. The number of aliphatic hydroxyl groups excluding tert-OH is 11. The van der Waals surface area contributed by atoms with Gasteiger partial charge in [-0.05, 0) is 38.5 Å². The van der Waals surface area contributed by atoms with E-state index >= 15 is 0 Å². The molecule has 14 N–H and O–H groups in total. The Hall–Kier alpha value is -2.53. The first kappa shape index (κ1) is 80.7. The van der Waals surface area contributed by atoms with Crippen molar-refractivity contribution < 1.29 is 104 Å². The molecule has 522 valence electrons. The van der Waals surface area contributed by atoms with Crippen LogP contribution in [-0.4, -0.2) is 215 Å². The van der Waals surface area contributed by atoms with Crippen LogP contribution in [0.1, 0.15) is 252 Å². The Labute approximate surface area is 531 Å². The van der Waals surface area contributed by atoms with Crippen LogP contribution in [0.5, 0.6) is 0 Å². The standard InChI is InChI=1S/C66H122N2O21/c1-4-6-8-10-12-14-16-18-20-22-24-25-27-29-31-33-35-37-39-48(73)47(68-53(76)40-38-36-34-32-30-28-26-23-21-19-17-15-13-11-9-7-5-2)45-84-63-58(80)57(79)60(52(44-71)86-63)87-64-59(81)62(56(78)51(43-70)85-64)89-66(65(82)83)41-49(74)54(67-46(3)72)61(88-66)55(77)50(75)42-69/h19,21,47-52,54-64,69-71,73-75,77-81H,4-18,20,22-45H2,1-3H3,(H,67,72)(H,68,76)(H,82,83)/b21-19-. The summed E-state index contributed by atoms with van der Waals surface area (Å²) in [5.41, 5.74) is 0. The van der Waals surface area contributed by atoms with Crippen molar-refractivity contribution in [2.75, 3.05) is 26.4 Å². The molecule has 23 nitrogen and oxygen atoms in total. The molecule has 3 fully saturated rings. The van der Waals surface area contributed by atoms with Gasteiger partial charge in [-0.15, -0.1) is 0 Å². The van der Waals surface area contributed by atoms with Gasteiger partial charge >= 0.3 is 5.97 Å². The molecule has 0 aromatic carbocycles. The molecule has 0 spiro atoms. The molecule has 0 bridgehead atoms. The number of ether oxygens (including phenoxy) is 6. The molecule has 3 aliphatic heterocycles. The minimum atomic E-state index is -3.08. The fourth-order valence-electron chi connectivity index (χ4n) is 12.2. The lowest BCUT2D eigenvalue weighted by molar-refractivity contribution is -0.386. The average Bonchev–Trinajstić information content (AvgIpc) is 0.878. The van der Waals surface area contributed by atoms with Crippen LogP contribution in [0.15, 0.2) is 12.2 Å². The Kier molecular flexibility index (Phi) is 43.0. The quantitative estimate of drug-likeness (QED) is 0.0249. The number of amides is 2. The number of hydrogen-bond acceptors (Lipinski definition) is 20. The molecule has 18 unspecified atom stereocenters. The van der Waals surface area contributed by atoms with E-state index < -0.39 is 148 Å². The Morgan fingerprint density at radius 1 is 0.573 bits per heavy atom. The van der Waals surface area contributed by atoms with Gasteiger partial charge in [0.25, 0.3) is 5.79 Å². The van der Waals surface area contributed by atoms with Gasteiger partial charge in [0.1, 0.15) is 67.1 Å². The van der Waals surface area contributed by atoms with E-state index in [1.165, 1.54) is 122 Å². The van der Waals surface area contributed by atoms with Crippen LogP contribution < -0.4 is 10.6 Å². The van der Waals surface area contributed by atoms with Crippen molar-refractivity contribution in [3.8, 4) is 0 Å². The predicted molar refractivity (Wildman–Crippen MR) is 334 cm³/mol. The number of carboxylic acids is 1. The molecule has 3 rings (SSSR count). The van der Waals surface area contributed by atoms with Crippen LogP contribution in [0.25, 0.3) is 0 Å². The minimum Gasteiger partial charge on any atom is -0.477 e. The van der Waals surface area contributed by atoms with E-state index in [0.717, 1.165) is 84.0 Å². The van der Waals surface area contributed by atoms with Gasteiger partial charge in [-0.2, -0.15) is 0 Å². The third-order valence-electron chi connectivity index (χ3n) is 17.7. The van der Waals surface area contributed by atoms with E-state index in [1.54, 1.807) is 0 Å². The number of aliphatic carboxylic acids is 1. The van der Waals surface area contributed by atoms with Crippen molar-refractivity contribution in [1.82, 2.24) is 10.6 Å². The first-order chi connectivity index (χ1) is 42.9. The molecule has 3 saturated heterocycles. The number of carbonyl (C=O) groups excluding carboxylic acids is 2. The first-order valence-corrected chi connectivity index (χ1v) is 34.5. The second-order valence-electron chi connectivity index (χ2n) is 25.4. The fourth-order valence-corrected chi connectivity index (χ4v) is 12.2. The molecule has 0 aromatic heterocycles. The zero-order valence-electron chi connectivity index (χ0n) is 54.3. The maximum absolute atomic E-state index is 13.5. The summed E-state index contributed by atoms with van der Waals surface area (Å²) in [6.07, 6.45) is 14.9. The highest BCUT2D eigenvalue weighted by Crippen LogP contribution is 2.39. The van der Waals surface area contributed by atoms with Gasteiger partial charge in [0.2, 0.25) is 11.8 Å². The molecule has 0 saturated carbocycles. The Bertz CT molecular complexity index is 1860. The third kappa shape index (κ3) is 30.2. The van der Waals surface area contributed by atoms with Crippen molar-refractivity contribution in [2.45, 2.75) is 362 Å². The molecular weight excluding hydrogens is 1160 g/mol. The van der Waals surface area contributed by atoms with Gasteiger partial charge in [0.15, 0.2) is 12.6 Å². The fraction of sp³-hybridized carbons (Fsp3) is 0.924. The van der Waals surface area contributed by atoms with Gasteiger partial charge < -0.3 is 100 Å². The summed E-state index contributed by atoms with van der Waals surface area (Å²) in [6.45, 7) is 2.20. The highest BCUT2D eigenvalue weighted by atomic mass is 16.8. The van der Waals surface area contributed by atoms with E-state index in [0.29, 0.717) is 19.3 Å². The van der Waals surface area contributed by atoms with Crippen molar-refractivity contribution in [3.63, 3.8) is 0 Å². The highest BCUT2D eigenvalue weighted by molar-refractivity contribution is 5.77. The second kappa shape index (κ2) is 47.4. The molecule has 0 aromatic rings. The van der Waals surface area contributed by atoms with Gasteiger partial charge in [-0.25, -0.2) is 4.79 Å². The van der Waals surface area contributed by atoms with Gasteiger partial charge in [0.05, 0.1) is 50.7 Å². The Morgan fingerprint density at radius 3 is 1.52 bits per heavy atom. The van der Waals surface area contributed by atoms with Crippen molar-refractivity contribution in [1.29, 1.82) is 0 Å².